The molecule has 1 amide bonds. The van der Waals surface area contributed by atoms with Gasteiger partial charge in [-0.15, -0.1) is 0 Å². The second-order valence-electron chi connectivity index (χ2n) is 5.66. The summed E-state index contributed by atoms with van der Waals surface area (Å²) in [4.78, 5) is 14.4. The van der Waals surface area contributed by atoms with Gasteiger partial charge in [0.05, 0.1) is 17.7 Å². The zero-order valence-electron chi connectivity index (χ0n) is 12.0. The maximum atomic E-state index is 12.6. The molecule has 0 aromatic carbocycles. The fourth-order valence-electron chi connectivity index (χ4n) is 3.00. The van der Waals surface area contributed by atoms with Crippen molar-refractivity contribution >= 4 is 5.91 Å². The highest BCUT2D eigenvalue weighted by Gasteiger charge is 2.41. The highest BCUT2D eigenvalue weighted by atomic mass is 16.5. The Bertz CT molecular complexity index is 442. The van der Waals surface area contributed by atoms with Gasteiger partial charge in [-0.1, -0.05) is 18.0 Å². The van der Waals surface area contributed by atoms with Gasteiger partial charge in [0.2, 0.25) is 5.91 Å². The Hall–Kier alpha value is -1.36. The highest BCUT2D eigenvalue weighted by Crippen LogP contribution is 2.38. The third kappa shape index (κ3) is 2.52. The predicted octanol–water partition coefficient (Wildman–Crippen LogP) is 1.77. The number of nitrogens with zero attached hydrogens (tertiary/aromatic N) is 2. The lowest BCUT2D eigenvalue weighted by molar-refractivity contribution is -0.140. The molecule has 0 bridgehead atoms. The Kier molecular flexibility index (Phi) is 3.94. The van der Waals surface area contributed by atoms with E-state index in [-0.39, 0.29) is 11.3 Å². The lowest BCUT2D eigenvalue weighted by Gasteiger charge is -2.31. The lowest BCUT2D eigenvalue weighted by atomic mass is 9.84. The number of aryl methyl sites for hydroxylation is 2. The van der Waals surface area contributed by atoms with Crippen LogP contribution < -0.4 is 5.73 Å². The van der Waals surface area contributed by atoms with E-state index in [1.807, 2.05) is 20.9 Å². The SMILES string of the molecule is Cc1noc(C)c1CN(C)C(=O)C1(CN)CCCC1. The minimum atomic E-state index is -0.340. The highest BCUT2D eigenvalue weighted by molar-refractivity contribution is 5.83. The number of hydrogen-bond donors (Lipinski definition) is 1. The third-order valence-electron chi connectivity index (χ3n) is 4.33. The van der Waals surface area contributed by atoms with Crippen LogP contribution in [0.5, 0.6) is 0 Å². The van der Waals surface area contributed by atoms with Crippen LogP contribution in [-0.2, 0) is 11.3 Å². The van der Waals surface area contributed by atoms with Crippen LogP contribution in [0.2, 0.25) is 0 Å². The molecule has 2 rings (SSSR count). The Labute approximate surface area is 114 Å². The van der Waals surface area contributed by atoms with E-state index in [1.165, 1.54) is 0 Å². The van der Waals surface area contributed by atoms with Crippen LogP contribution in [0, 0.1) is 19.3 Å². The minimum absolute atomic E-state index is 0.160. The second-order valence-corrected chi connectivity index (χ2v) is 5.66. The van der Waals surface area contributed by atoms with Gasteiger partial charge in [0.1, 0.15) is 5.76 Å². The van der Waals surface area contributed by atoms with Crippen molar-refractivity contribution in [2.24, 2.45) is 11.1 Å². The summed E-state index contributed by atoms with van der Waals surface area (Å²) in [7, 11) is 1.84. The Balaban J connectivity index is 2.11. The molecule has 106 valence electrons. The summed E-state index contributed by atoms with van der Waals surface area (Å²) in [5.74, 6) is 0.942. The summed E-state index contributed by atoms with van der Waals surface area (Å²) in [6.07, 6.45) is 4.02. The van der Waals surface area contributed by atoms with Crippen LogP contribution in [0.3, 0.4) is 0 Å². The molecule has 0 unspecified atom stereocenters. The van der Waals surface area contributed by atoms with Crippen LogP contribution in [0.25, 0.3) is 0 Å². The molecule has 0 spiro atoms. The van der Waals surface area contributed by atoms with Gasteiger partial charge in [-0.2, -0.15) is 0 Å². The molecule has 5 nitrogen and oxygen atoms in total. The van der Waals surface area contributed by atoms with Crippen molar-refractivity contribution < 1.29 is 9.32 Å². The summed E-state index contributed by atoms with van der Waals surface area (Å²) < 4.78 is 5.14. The van der Waals surface area contributed by atoms with Gasteiger partial charge in [-0.3, -0.25) is 4.79 Å². The Morgan fingerprint density at radius 2 is 2.05 bits per heavy atom. The molecule has 1 aromatic heterocycles. The number of nitrogens with two attached hydrogens (primary N) is 1. The first kappa shape index (κ1) is 14.1. The van der Waals surface area contributed by atoms with Crippen LogP contribution in [0.15, 0.2) is 4.52 Å². The fraction of sp³-hybridized carbons (Fsp3) is 0.714. The van der Waals surface area contributed by atoms with Crippen molar-refractivity contribution in [1.29, 1.82) is 0 Å². The maximum absolute atomic E-state index is 12.6. The normalized spacial score (nSPS) is 17.7. The molecular weight excluding hydrogens is 242 g/mol. The summed E-state index contributed by atoms with van der Waals surface area (Å²) in [5, 5.41) is 3.93. The number of hydrogen-bond acceptors (Lipinski definition) is 4. The average molecular weight is 265 g/mol. The molecule has 1 heterocycles. The fourth-order valence-corrected chi connectivity index (χ4v) is 3.00. The van der Waals surface area contributed by atoms with E-state index in [2.05, 4.69) is 5.16 Å². The van der Waals surface area contributed by atoms with Gasteiger partial charge in [0, 0.05) is 19.2 Å². The van der Waals surface area contributed by atoms with E-state index in [1.54, 1.807) is 4.90 Å². The maximum Gasteiger partial charge on any atom is 0.230 e. The molecule has 1 aliphatic carbocycles. The van der Waals surface area contributed by atoms with Gasteiger partial charge >= 0.3 is 0 Å². The Morgan fingerprint density at radius 3 is 2.53 bits per heavy atom. The average Bonchev–Trinajstić information content (AvgIpc) is 3.00. The standard InChI is InChI=1S/C14H23N3O2/c1-10-12(11(2)19-16-10)8-17(3)13(18)14(9-15)6-4-5-7-14/h4-9,15H2,1-3H3. The van der Waals surface area contributed by atoms with E-state index in [9.17, 15) is 4.79 Å². The van der Waals surface area contributed by atoms with Crippen molar-refractivity contribution in [1.82, 2.24) is 10.1 Å². The Morgan fingerprint density at radius 1 is 1.42 bits per heavy atom. The molecule has 5 heteroatoms. The molecule has 0 saturated heterocycles. The molecule has 0 atom stereocenters. The van der Waals surface area contributed by atoms with E-state index in [4.69, 9.17) is 10.3 Å². The summed E-state index contributed by atoms with van der Waals surface area (Å²) in [6.45, 7) is 4.76. The smallest absolute Gasteiger partial charge is 0.230 e. The van der Waals surface area contributed by atoms with Gasteiger partial charge in [0.25, 0.3) is 0 Å². The molecule has 0 radical (unpaired) electrons. The molecule has 1 saturated carbocycles. The second kappa shape index (κ2) is 5.33. The predicted molar refractivity (Wildman–Crippen MR) is 72.4 cm³/mol. The zero-order valence-corrected chi connectivity index (χ0v) is 12.0. The van der Waals surface area contributed by atoms with Crippen LogP contribution in [0.4, 0.5) is 0 Å². The van der Waals surface area contributed by atoms with Crippen molar-refractivity contribution in [3.63, 3.8) is 0 Å². The molecule has 2 N–H and O–H groups in total. The van der Waals surface area contributed by atoms with E-state index >= 15 is 0 Å². The van der Waals surface area contributed by atoms with Crippen molar-refractivity contribution in [3.05, 3.63) is 17.0 Å². The van der Waals surface area contributed by atoms with Gasteiger partial charge in [-0.25, -0.2) is 0 Å². The first-order chi connectivity index (χ1) is 9.00. The van der Waals surface area contributed by atoms with E-state index in [0.29, 0.717) is 13.1 Å². The van der Waals surface area contributed by atoms with Crippen molar-refractivity contribution in [3.8, 4) is 0 Å². The zero-order chi connectivity index (χ0) is 14.0. The molecule has 1 aliphatic rings. The summed E-state index contributed by atoms with van der Waals surface area (Å²) in [6, 6.07) is 0. The van der Waals surface area contributed by atoms with Gasteiger partial charge in [-0.05, 0) is 26.7 Å². The van der Waals surface area contributed by atoms with Gasteiger partial charge < -0.3 is 15.2 Å². The number of aromatic nitrogens is 1. The summed E-state index contributed by atoms with van der Waals surface area (Å²) in [5.41, 5.74) is 7.38. The van der Waals surface area contributed by atoms with E-state index in [0.717, 1.165) is 42.7 Å². The lowest BCUT2D eigenvalue weighted by Crippen LogP contribution is -2.44. The summed E-state index contributed by atoms with van der Waals surface area (Å²) >= 11 is 0. The monoisotopic (exact) mass is 265 g/mol. The first-order valence-corrected chi connectivity index (χ1v) is 6.87. The van der Waals surface area contributed by atoms with Gasteiger partial charge in [0.15, 0.2) is 0 Å². The quantitative estimate of drug-likeness (QED) is 0.900. The number of carbonyl (C=O) groups excluding carboxylic acids is 1. The van der Waals surface area contributed by atoms with Crippen molar-refractivity contribution in [2.45, 2.75) is 46.1 Å². The minimum Gasteiger partial charge on any atom is -0.361 e. The molecule has 19 heavy (non-hydrogen) atoms. The van der Waals surface area contributed by atoms with Crippen LogP contribution in [0.1, 0.15) is 42.7 Å². The molecule has 1 fully saturated rings. The number of rotatable bonds is 4. The third-order valence-corrected chi connectivity index (χ3v) is 4.33. The molecule has 1 aromatic rings. The topological polar surface area (TPSA) is 72.4 Å². The van der Waals surface area contributed by atoms with Crippen LogP contribution in [-0.4, -0.2) is 29.6 Å². The molecular formula is C14H23N3O2. The van der Waals surface area contributed by atoms with Crippen LogP contribution >= 0.6 is 0 Å². The largest absolute Gasteiger partial charge is 0.361 e. The first-order valence-electron chi connectivity index (χ1n) is 6.87. The van der Waals surface area contributed by atoms with Crippen molar-refractivity contribution in [2.75, 3.05) is 13.6 Å². The number of amides is 1. The van der Waals surface area contributed by atoms with E-state index < -0.39 is 0 Å². The molecule has 0 aliphatic heterocycles. The number of carbonyl (C=O) groups is 1.